The van der Waals surface area contributed by atoms with Crippen molar-refractivity contribution < 1.29 is 9.59 Å². The normalized spacial score (nSPS) is 13.8. The zero-order chi connectivity index (χ0) is 15.1. The summed E-state index contributed by atoms with van der Waals surface area (Å²) in [5, 5.41) is 0. The van der Waals surface area contributed by atoms with Crippen molar-refractivity contribution in [3.8, 4) is 0 Å². The average molecular weight is 377 g/mol. The Morgan fingerprint density at radius 2 is 1.00 bits per heavy atom. The van der Waals surface area contributed by atoms with E-state index in [1.54, 1.807) is 12.2 Å². The minimum atomic E-state index is -4.06. The van der Waals surface area contributed by atoms with Crippen LogP contribution in [-0.2, 0) is 9.59 Å². The first-order valence-corrected chi connectivity index (χ1v) is 14.6. The van der Waals surface area contributed by atoms with Gasteiger partial charge in [-0.15, -0.1) is 0 Å². The molecule has 0 spiro atoms. The van der Waals surface area contributed by atoms with E-state index in [9.17, 15) is 9.59 Å². The van der Waals surface area contributed by atoms with E-state index in [4.69, 9.17) is 0 Å². The van der Waals surface area contributed by atoms with Crippen LogP contribution >= 0.6 is 0 Å². The summed E-state index contributed by atoms with van der Waals surface area (Å²) in [7, 11) is 0. The van der Waals surface area contributed by atoms with Crippen molar-refractivity contribution >= 4 is 30.1 Å². The molecule has 0 atom stereocenters. The van der Waals surface area contributed by atoms with Gasteiger partial charge in [-0.05, 0) is 0 Å². The second-order valence-electron chi connectivity index (χ2n) is 6.72. The molecular formula is C14H27N2O2Sb. The van der Waals surface area contributed by atoms with Crippen molar-refractivity contribution in [1.29, 1.82) is 0 Å². The maximum absolute atomic E-state index is 11.0. The van der Waals surface area contributed by atoms with E-state index in [-0.39, 0.29) is 0 Å². The summed E-state index contributed by atoms with van der Waals surface area (Å²) in [6.07, 6.45) is 3.48. The number of hydrogen-bond acceptors (Lipinski definition) is 4. The quantitative estimate of drug-likeness (QED) is 0.365. The van der Waals surface area contributed by atoms with Crippen molar-refractivity contribution in [3.63, 3.8) is 0 Å². The molecule has 4 nitrogen and oxygen atoms in total. The Kier molecular flexibility index (Phi) is 7.22. The van der Waals surface area contributed by atoms with Gasteiger partial charge in [0.05, 0.1) is 0 Å². The third-order valence-electron chi connectivity index (χ3n) is 2.96. The van der Waals surface area contributed by atoms with Gasteiger partial charge in [0, 0.05) is 0 Å². The molecule has 0 saturated heterocycles. The minimum absolute atomic E-state index is 0.355. The Bertz CT molecular complexity index is 341. The van der Waals surface area contributed by atoms with Crippen LogP contribution in [0.3, 0.4) is 0 Å². The van der Waals surface area contributed by atoms with Crippen LogP contribution in [0, 0.1) is 17.8 Å². The maximum atomic E-state index is 11.0. The zero-order valence-electron chi connectivity index (χ0n) is 13.0. The van der Waals surface area contributed by atoms with Gasteiger partial charge in [0.2, 0.25) is 0 Å². The van der Waals surface area contributed by atoms with E-state index in [1.807, 2.05) is 0 Å². The molecule has 0 aromatic rings. The molecule has 0 saturated carbocycles. The molecule has 0 radical (unpaired) electrons. The van der Waals surface area contributed by atoms with Gasteiger partial charge in [-0.3, -0.25) is 0 Å². The van der Waals surface area contributed by atoms with Crippen LogP contribution in [-0.4, -0.2) is 30.1 Å². The van der Waals surface area contributed by atoms with E-state index in [0.717, 1.165) is 13.1 Å². The van der Waals surface area contributed by atoms with E-state index < -0.39 is 18.0 Å². The molecule has 0 bridgehead atoms. The molecule has 0 aromatic heterocycles. The Hall–Kier alpha value is -0.422. The SMILES string of the molecule is CC(C)[CH2][Sb]([CH2]C(C)C)([CH2]C(C)C)([N]=C=O)[N]=C=O. The third-order valence-corrected chi connectivity index (χ3v) is 19.8. The van der Waals surface area contributed by atoms with Gasteiger partial charge in [0.1, 0.15) is 0 Å². The van der Waals surface area contributed by atoms with E-state index in [0.29, 0.717) is 17.8 Å². The van der Waals surface area contributed by atoms with Gasteiger partial charge in [0.15, 0.2) is 0 Å². The number of carbonyl (C=O) groups excluding carboxylic acids is 2. The van der Waals surface area contributed by atoms with Crippen LogP contribution < -0.4 is 0 Å². The first kappa shape index (κ1) is 18.6. The van der Waals surface area contributed by atoms with Crippen LogP contribution in [0.5, 0.6) is 0 Å². The van der Waals surface area contributed by atoms with Crippen molar-refractivity contribution in [1.82, 2.24) is 0 Å². The first-order valence-electron chi connectivity index (χ1n) is 6.89. The summed E-state index contributed by atoms with van der Waals surface area (Å²) in [4.78, 5) is 22.0. The summed E-state index contributed by atoms with van der Waals surface area (Å²) in [6, 6.07) is 0. The molecule has 0 N–H and O–H groups in total. The second-order valence-corrected chi connectivity index (χ2v) is 20.2. The van der Waals surface area contributed by atoms with Gasteiger partial charge in [0.25, 0.3) is 0 Å². The van der Waals surface area contributed by atoms with Gasteiger partial charge in [-0.2, -0.15) is 0 Å². The zero-order valence-corrected chi connectivity index (χ0v) is 15.6. The molecule has 0 amide bonds. The molecule has 0 aliphatic carbocycles. The van der Waals surface area contributed by atoms with E-state index in [1.165, 1.54) is 0 Å². The molecular weight excluding hydrogens is 350 g/mol. The molecule has 0 aliphatic heterocycles. The molecule has 0 fully saturated rings. The molecule has 0 rings (SSSR count). The van der Waals surface area contributed by atoms with Crippen LogP contribution in [0.1, 0.15) is 41.5 Å². The molecule has 110 valence electrons. The predicted molar refractivity (Wildman–Crippen MR) is 80.9 cm³/mol. The standard InChI is InChI=1S/3C4H9.2CNO.Sb/c3*1-4(2)3;2*2-1-3;/h3*4H,1H2,2-3H3;;;/q;;;2*-1;+2. The monoisotopic (exact) mass is 376 g/mol. The van der Waals surface area contributed by atoms with E-state index >= 15 is 0 Å². The number of rotatable bonds is 8. The fraction of sp³-hybridized carbons (Fsp3) is 0.857. The topological polar surface area (TPSA) is 58.9 Å². The molecule has 0 aromatic carbocycles. The number of hydrogen-bond donors (Lipinski definition) is 0. The van der Waals surface area contributed by atoms with Crippen molar-refractivity contribution in [2.24, 2.45) is 24.1 Å². The fourth-order valence-electron chi connectivity index (χ4n) is 3.23. The third kappa shape index (κ3) is 5.61. The Labute approximate surface area is 118 Å². The van der Waals surface area contributed by atoms with Crippen molar-refractivity contribution in [3.05, 3.63) is 0 Å². The van der Waals surface area contributed by atoms with Crippen molar-refractivity contribution in [2.45, 2.75) is 54.6 Å². The molecule has 19 heavy (non-hydrogen) atoms. The summed E-state index contributed by atoms with van der Waals surface area (Å²) < 4.78 is 10.8. The number of nitrogens with zero attached hydrogens (tertiary/aromatic N) is 2. The van der Waals surface area contributed by atoms with Crippen LogP contribution in [0.15, 0.2) is 6.30 Å². The van der Waals surface area contributed by atoms with Crippen molar-refractivity contribution in [2.75, 3.05) is 0 Å². The summed E-state index contributed by atoms with van der Waals surface area (Å²) in [6.45, 7) is 12.5. The first-order chi connectivity index (χ1) is 8.68. The summed E-state index contributed by atoms with van der Waals surface area (Å²) in [5.74, 6) is 1.07. The van der Waals surface area contributed by atoms with E-state index in [2.05, 4.69) is 47.8 Å². The van der Waals surface area contributed by atoms with Gasteiger partial charge in [-0.1, -0.05) is 0 Å². The fourth-order valence-corrected chi connectivity index (χ4v) is 21.7. The van der Waals surface area contributed by atoms with Crippen LogP contribution in [0.25, 0.3) is 0 Å². The summed E-state index contributed by atoms with van der Waals surface area (Å²) >= 11 is -4.06. The van der Waals surface area contributed by atoms with Gasteiger partial charge < -0.3 is 0 Å². The average Bonchev–Trinajstić information content (AvgIpc) is 2.13. The van der Waals surface area contributed by atoms with Crippen LogP contribution in [0.2, 0.25) is 13.1 Å². The molecule has 5 heteroatoms. The molecule has 0 aliphatic rings. The molecule has 0 unspecified atom stereocenters. The van der Waals surface area contributed by atoms with Gasteiger partial charge >= 0.3 is 118 Å². The van der Waals surface area contributed by atoms with Gasteiger partial charge in [-0.25, -0.2) is 0 Å². The summed E-state index contributed by atoms with van der Waals surface area (Å²) in [5.41, 5.74) is 0. The second kappa shape index (κ2) is 7.38. The Morgan fingerprint density at radius 3 is 1.16 bits per heavy atom. The molecule has 0 heterocycles. The van der Waals surface area contributed by atoms with Crippen LogP contribution in [0.4, 0.5) is 0 Å². The Morgan fingerprint density at radius 1 is 0.737 bits per heavy atom. The predicted octanol–water partition coefficient (Wildman–Crippen LogP) is 4.02. The Balaban J connectivity index is 6.05. The number of isocyanates is 2.